The molecule has 1 saturated heterocycles. The fourth-order valence-electron chi connectivity index (χ4n) is 2.22. The molecule has 0 N–H and O–H groups in total. The molecule has 1 aromatic heterocycles. The van der Waals surface area contributed by atoms with Gasteiger partial charge in [0.05, 0.1) is 0 Å². The van der Waals surface area contributed by atoms with Gasteiger partial charge in [0.2, 0.25) is 0 Å². The Morgan fingerprint density at radius 2 is 2.24 bits per heavy atom. The summed E-state index contributed by atoms with van der Waals surface area (Å²) in [6.45, 7) is 5.17. The number of hydrogen-bond donors (Lipinski definition) is 0. The van der Waals surface area contributed by atoms with Crippen molar-refractivity contribution in [3.8, 4) is 0 Å². The first-order valence-corrected chi connectivity index (χ1v) is 5.98. The number of nitrogens with zero attached hydrogens (tertiary/aromatic N) is 2. The van der Waals surface area contributed by atoms with Gasteiger partial charge in [-0.25, -0.2) is 0 Å². The van der Waals surface area contributed by atoms with Crippen molar-refractivity contribution in [1.82, 2.24) is 10.1 Å². The molecular formula is C12H19ClN2O2. The number of carbonyl (C=O) groups is 1. The van der Waals surface area contributed by atoms with Gasteiger partial charge in [-0.1, -0.05) is 12.1 Å². The maximum Gasteiger partial charge on any atom is 0.189 e. The lowest BCUT2D eigenvalue weighted by Crippen LogP contribution is -2.31. The van der Waals surface area contributed by atoms with E-state index in [1.54, 1.807) is 6.07 Å². The van der Waals surface area contributed by atoms with Crippen molar-refractivity contribution in [1.29, 1.82) is 0 Å². The van der Waals surface area contributed by atoms with Crippen LogP contribution in [0.25, 0.3) is 0 Å². The summed E-state index contributed by atoms with van der Waals surface area (Å²) in [7, 11) is 0. The van der Waals surface area contributed by atoms with Gasteiger partial charge in [-0.3, -0.25) is 4.79 Å². The summed E-state index contributed by atoms with van der Waals surface area (Å²) in [5.41, 5.74) is 0.464. The van der Waals surface area contributed by atoms with Gasteiger partial charge in [0, 0.05) is 18.5 Å². The molecule has 4 nitrogen and oxygen atoms in total. The van der Waals surface area contributed by atoms with Gasteiger partial charge in [0.15, 0.2) is 5.78 Å². The number of rotatable bonds is 5. The highest BCUT2D eigenvalue weighted by molar-refractivity contribution is 5.96. The lowest BCUT2D eigenvalue weighted by atomic mass is 9.98. The molecule has 1 aliphatic rings. The van der Waals surface area contributed by atoms with Crippen LogP contribution < -0.4 is 0 Å². The molecule has 1 unspecified atom stereocenters. The molecule has 0 aromatic carbocycles. The summed E-state index contributed by atoms with van der Waals surface area (Å²) >= 11 is 0. The van der Waals surface area contributed by atoms with Crippen molar-refractivity contribution in [2.75, 3.05) is 19.6 Å². The van der Waals surface area contributed by atoms with Gasteiger partial charge < -0.3 is 9.42 Å². The fraction of sp³-hybridized carbons (Fsp3) is 0.667. The van der Waals surface area contributed by atoms with Crippen molar-refractivity contribution >= 4 is 18.2 Å². The largest absolute Gasteiger partial charge is 0.364 e. The van der Waals surface area contributed by atoms with Crippen LogP contribution >= 0.6 is 12.4 Å². The van der Waals surface area contributed by atoms with Gasteiger partial charge >= 0.3 is 0 Å². The Morgan fingerprint density at radius 3 is 2.76 bits per heavy atom. The van der Waals surface area contributed by atoms with Crippen LogP contribution in [0.15, 0.2) is 16.9 Å². The Morgan fingerprint density at radius 1 is 1.53 bits per heavy atom. The third kappa shape index (κ3) is 3.54. The summed E-state index contributed by atoms with van der Waals surface area (Å²) in [6.07, 6.45) is 4.83. The third-order valence-corrected chi connectivity index (χ3v) is 3.23. The molecule has 96 valence electrons. The van der Waals surface area contributed by atoms with Crippen molar-refractivity contribution in [3.05, 3.63) is 18.0 Å². The van der Waals surface area contributed by atoms with Gasteiger partial charge in [-0.15, -0.1) is 12.4 Å². The van der Waals surface area contributed by atoms with Crippen molar-refractivity contribution in [2.45, 2.75) is 26.2 Å². The zero-order valence-electron chi connectivity index (χ0n) is 10.1. The normalized spacial score (nSPS) is 17.7. The van der Waals surface area contributed by atoms with Crippen LogP contribution in [0.2, 0.25) is 0 Å². The number of Topliss-reactive ketones (excluding diaryl/α,β-unsaturated/α-hetero) is 1. The van der Waals surface area contributed by atoms with Crippen LogP contribution in [-0.4, -0.2) is 35.5 Å². The van der Waals surface area contributed by atoms with Crippen LogP contribution in [0, 0.1) is 5.92 Å². The van der Waals surface area contributed by atoms with E-state index in [1.165, 1.54) is 19.1 Å². The van der Waals surface area contributed by atoms with Gasteiger partial charge in [0.1, 0.15) is 12.0 Å². The SMILES string of the molecule is CCC(CN1CCCC1)C(=O)c1ccon1.Cl. The molecule has 0 radical (unpaired) electrons. The van der Waals surface area contributed by atoms with Crippen LogP contribution in [0.5, 0.6) is 0 Å². The summed E-state index contributed by atoms with van der Waals surface area (Å²) in [5.74, 6) is 0.173. The number of halogens is 1. The Bertz CT molecular complexity index is 334. The molecule has 0 saturated carbocycles. The minimum Gasteiger partial charge on any atom is -0.364 e. The first-order chi connectivity index (χ1) is 7.81. The zero-order valence-corrected chi connectivity index (χ0v) is 10.9. The number of hydrogen-bond acceptors (Lipinski definition) is 4. The predicted octanol–water partition coefficient (Wildman–Crippen LogP) is 2.40. The summed E-state index contributed by atoms with van der Waals surface area (Å²) in [6, 6.07) is 1.65. The molecule has 0 amide bonds. The number of carbonyl (C=O) groups excluding carboxylic acids is 1. The van der Waals surface area contributed by atoms with E-state index in [2.05, 4.69) is 17.0 Å². The van der Waals surface area contributed by atoms with Crippen molar-refractivity contribution in [2.24, 2.45) is 5.92 Å². The van der Waals surface area contributed by atoms with Crippen LogP contribution in [0.4, 0.5) is 0 Å². The highest BCUT2D eigenvalue weighted by Crippen LogP contribution is 2.16. The van der Waals surface area contributed by atoms with E-state index in [1.807, 2.05) is 0 Å². The van der Waals surface area contributed by atoms with E-state index in [-0.39, 0.29) is 24.1 Å². The molecule has 2 rings (SSSR count). The molecular weight excluding hydrogens is 240 g/mol. The van der Waals surface area contributed by atoms with E-state index < -0.39 is 0 Å². The lowest BCUT2D eigenvalue weighted by Gasteiger charge is -2.20. The quantitative estimate of drug-likeness (QED) is 0.761. The zero-order chi connectivity index (χ0) is 11.4. The Hall–Kier alpha value is -0.870. The van der Waals surface area contributed by atoms with Crippen LogP contribution in [-0.2, 0) is 0 Å². The van der Waals surface area contributed by atoms with Gasteiger partial charge in [-0.2, -0.15) is 0 Å². The summed E-state index contributed by atoms with van der Waals surface area (Å²) in [5, 5.41) is 3.72. The van der Waals surface area contributed by atoms with Gasteiger partial charge in [-0.05, 0) is 32.4 Å². The number of aromatic nitrogens is 1. The average molecular weight is 259 g/mol. The molecule has 17 heavy (non-hydrogen) atoms. The van der Waals surface area contributed by atoms with Crippen molar-refractivity contribution in [3.63, 3.8) is 0 Å². The lowest BCUT2D eigenvalue weighted by molar-refractivity contribution is 0.0876. The first-order valence-electron chi connectivity index (χ1n) is 5.98. The Labute approximate surface area is 108 Å². The molecule has 1 fully saturated rings. The smallest absolute Gasteiger partial charge is 0.189 e. The summed E-state index contributed by atoms with van der Waals surface area (Å²) < 4.78 is 4.72. The second kappa shape index (κ2) is 6.77. The van der Waals surface area contributed by atoms with E-state index >= 15 is 0 Å². The Kier molecular flexibility index (Phi) is 5.65. The Balaban J connectivity index is 0.00000144. The monoisotopic (exact) mass is 258 g/mol. The molecule has 0 aliphatic carbocycles. The third-order valence-electron chi connectivity index (χ3n) is 3.23. The molecule has 1 aliphatic heterocycles. The van der Waals surface area contributed by atoms with Gasteiger partial charge in [0.25, 0.3) is 0 Å². The first kappa shape index (κ1) is 14.2. The minimum absolute atomic E-state index is 0. The van der Waals surface area contributed by atoms with E-state index in [4.69, 9.17) is 4.52 Å². The number of ketones is 1. The molecule has 2 heterocycles. The molecule has 0 spiro atoms. The molecule has 5 heteroatoms. The second-order valence-electron chi connectivity index (χ2n) is 4.36. The van der Waals surface area contributed by atoms with E-state index in [9.17, 15) is 4.79 Å². The van der Waals surface area contributed by atoms with E-state index in [0.717, 1.165) is 26.1 Å². The van der Waals surface area contributed by atoms with Crippen LogP contribution in [0.3, 0.4) is 0 Å². The predicted molar refractivity (Wildman–Crippen MR) is 67.5 cm³/mol. The highest BCUT2D eigenvalue weighted by Gasteiger charge is 2.24. The highest BCUT2D eigenvalue weighted by atomic mass is 35.5. The average Bonchev–Trinajstić information content (AvgIpc) is 2.97. The molecule has 1 atom stereocenters. The standard InChI is InChI=1S/C12H18N2O2.ClH/c1-2-10(9-14-6-3-4-7-14)12(15)11-5-8-16-13-11;/h5,8,10H,2-4,6-7,9H2,1H3;1H. The topological polar surface area (TPSA) is 46.3 Å². The fourth-order valence-corrected chi connectivity index (χ4v) is 2.22. The van der Waals surface area contributed by atoms with Crippen molar-refractivity contribution < 1.29 is 9.32 Å². The number of likely N-dealkylation sites (tertiary alicyclic amines) is 1. The second-order valence-corrected chi connectivity index (χ2v) is 4.36. The maximum atomic E-state index is 12.1. The minimum atomic E-state index is 0. The maximum absolute atomic E-state index is 12.1. The van der Waals surface area contributed by atoms with E-state index in [0.29, 0.717) is 5.69 Å². The molecule has 1 aromatic rings. The molecule has 0 bridgehead atoms. The summed E-state index contributed by atoms with van der Waals surface area (Å²) in [4.78, 5) is 14.4. The van der Waals surface area contributed by atoms with Crippen LogP contribution in [0.1, 0.15) is 36.7 Å².